The van der Waals surface area contributed by atoms with E-state index in [1.165, 1.54) is 6.07 Å². The molecule has 0 bridgehead atoms. The first-order chi connectivity index (χ1) is 11.7. The molecule has 0 spiro atoms. The Hall–Kier alpha value is -1.91. The van der Waals surface area contributed by atoms with Crippen molar-refractivity contribution < 1.29 is 22.6 Å². The molecule has 132 valence electrons. The molecule has 2 aromatic rings. The van der Waals surface area contributed by atoms with Gasteiger partial charge in [-0.1, -0.05) is 18.5 Å². The van der Waals surface area contributed by atoms with Gasteiger partial charge in [0.15, 0.2) is 6.10 Å². The molecule has 0 saturated carbocycles. The number of ether oxygens (including phenoxy) is 2. The molecule has 0 amide bonds. The van der Waals surface area contributed by atoms with Crippen molar-refractivity contribution in [3.05, 3.63) is 51.5 Å². The van der Waals surface area contributed by atoms with Gasteiger partial charge in [0, 0.05) is 6.07 Å². The van der Waals surface area contributed by atoms with Crippen LogP contribution in [0, 0.1) is 11.3 Å². The summed E-state index contributed by atoms with van der Waals surface area (Å²) in [6, 6.07) is 9.62. The summed E-state index contributed by atoms with van der Waals surface area (Å²) in [5, 5.41) is 8.82. The molecule has 0 aliphatic carbocycles. The standard InChI is InChI=1S/C17H12BrClF3NO2/c1-2-11(9-23)24-16-8-12(4-5-13(16)18)25-15-6-3-10(7-14(15)19)17(20,21)22/h3-8,11H,2H2,1H3. The van der Waals surface area contributed by atoms with Crippen molar-refractivity contribution in [2.45, 2.75) is 25.6 Å². The Morgan fingerprint density at radius 1 is 1.20 bits per heavy atom. The van der Waals surface area contributed by atoms with Crippen LogP contribution in [-0.4, -0.2) is 6.10 Å². The third-order valence-electron chi connectivity index (χ3n) is 3.17. The van der Waals surface area contributed by atoms with E-state index < -0.39 is 17.8 Å². The molecule has 8 heteroatoms. The average molecular weight is 435 g/mol. The number of nitriles is 1. The van der Waals surface area contributed by atoms with Gasteiger partial charge in [-0.2, -0.15) is 18.4 Å². The largest absolute Gasteiger partial charge is 0.474 e. The van der Waals surface area contributed by atoms with Crippen LogP contribution in [0.15, 0.2) is 40.9 Å². The minimum absolute atomic E-state index is 0.0789. The van der Waals surface area contributed by atoms with Crippen LogP contribution in [-0.2, 0) is 6.18 Å². The van der Waals surface area contributed by atoms with E-state index in [4.69, 9.17) is 26.3 Å². The molecule has 1 atom stereocenters. The Labute approximate surface area is 156 Å². The highest BCUT2D eigenvalue weighted by Crippen LogP contribution is 2.38. The van der Waals surface area contributed by atoms with Crippen LogP contribution in [0.25, 0.3) is 0 Å². The number of benzene rings is 2. The molecule has 0 aliphatic rings. The number of hydrogen-bond acceptors (Lipinski definition) is 3. The lowest BCUT2D eigenvalue weighted by atomic mass is 10.2. The fourth-order valence-corrected chi connectivity index (χ4v) is 2.44. The zero-order valence-electron chi connectivity index (χ0n) is 12.9. The Balaban J connectivity index is 2.25. The predicted molar refractivity (Wildman–Crippen MR) is 91.0 cm³/mol. The maximum Gasteiger partial charge on any atom is 0.416 e. The molecule has 1 unspecified atom stereocenters. The Kier molecular flexibility index (Phi) is 6.20. The predicted octanol–water partition coefficient (Wildman–Crippen LogP) is 6.59. The summed E-state index contributed by atoms with van der Waals surface area (Å²) in [4.78, 5) is 0. The first-order valence-electron chi connectivity index (χ1n) is 7.15. The zero-order valence-corrected chi connectivity index (χ0v) is 15.2. The molecular weight excluding hydrogens is 423 g/mol. The molecule has 0 fully saturated rings. The highest BCUT2D eigenvalue weighted by Gasteiger charge is 2.31. The van der Waals surface area contributed by atoms with E-state index in [0.717, 1.165) is 18.2 Å². The van der Waals surface area contributed by atoms with Crippen molar-refractivity contribution in [1.82, 2.24) is 0 Å². The van der Waals surface area contributed by atoms with Gasteiger partial charge < -0.3 is 9.47 Å². The number of halogens is 5. The van der Waals surface area contributed by atoms with Gasteiger partial charge in [0.25, 0.3) is 0 Å². The van der Waals surface area contributed by atoms with Crippen LogP contribution >= 0.6 is 27.5 Å². The summed E-state index contributed by atoms with van der Waals surface area (Å²) in [7, 11) is 0. The van der Waals surface area contributed by atoms with Crippen molar-refractivity contribution in [3.8, 4) is 23.3 Å². The van der Waals surface area contributed by atoms with E-state index in [-0.39, 0.29) is 10.8 Å². The molecular formula is C17H12BrClF3NO2. The number of alkyl halides is 3. The normalized spacial score (nSPS) is 12.4. The maximum absolute atomic E-state index is 12.7. The van der Waals surface area contributed by atoms with E-state index >= 15 is 0 Å². The lowest BCUT2D eigenvalue weighted by Gasteiger charge is -2.14. The highest BCUT2D eigenvalue weighted by molar-refractivity contribution is 9.10. The molecule has 2 aromatic carbocycles. The Morgan fingerprint density at radius 2 is 1.92 bits per heavy atom. The lowest BCUT2D eigenvalue weighted by molar-refractivity contribution is -0.137. The molecule has 0 saturated heterocycles. The first kappa shape index (κ1) is 19.4. The molecule has 0 aliphatic heterocycles. The van der Waals surface area contributed by atoms with E-state index in [1.54, 1.807) is 12.1 Å². The molecule has 0 radical (unpaired) electrons. The maximum atomic E-state index is 12.7. The van der Waals surface area contributed by atoms with Crippen LogP contribution in [0.2, 0.25) is 5.02 Å². The third kappa shape index (κ3) is 5.03. The Morgan fingerprint density at radius 3 is 2.48 bits per heavy atom. The summed E-state index contributed by atoms with van der Waals surface area (Å²) in [5.74, 6) is 0.775. The summed E-state index contributed by atoms with van der Waals surface area (Å²) >= 11 is 9.18. The zero-order chi connectivity index (χ0) is 18.6. The topological polar surface area (TPSA) is 42.2 Å². The van der Waals surface area contributed by atoms with E-state index in [2.05, 4.69) is 15.9 Å². The van der Waals surface area contributed by atoms with Gasteiger partial charge in [0.2, 0.25) is 0 Å². The van der Waals surface area contributed by atoms with Crippen molar-refractivity contribution >= 4 is 27.5 Å². The van der Waals surface area contributed by atoms with Crippen LogP contribution in [0.5, 0.6) is 17.2 Å². The summed E-state index contributed by atoms with van der Waals surface area (Å²) in [6.45, 7) is 1.81. The average Bonchev–Trinajstić information content (AvgIpc) is 2.56. The second kappa shape index (κ2) is 7.98. The second-order valence-electron chi connectivity index (χ2n) is 4.98. The smallest absolute Gasteiger partial charge is 0.416 e. The number of nitrogens with zero attached hydrogens (tertiary/aromatic N) is 1. The monoisotopic (exact) mass is 433 g/mol. The molecule has 0 N–H and O–H groups in total. The summed E-state index contributed by atoms with van der Waals surface area (Å²) in [5.41, 5.74) is -0.857. The van der Waals surface area contributed by atoms with Crippen LogP contribution in [0.1, 0.15) is 18.9 Å². The minimum Gasteiger partial charge on any atom is -0.474 e. The lowest BCUT2D eigenvalue weighted by Crippen LogP contribution is -2.12. The fourth-order valence-electron chi connectivity index (χ4n) is 1.88. The first-order valence-corrected chi connectivity index (χ1v) is 8.32. The highest BCUT2D eigenvalue weighted by atomic mass is 79.9. The van der Waals surface area contributed by atoms with Crippen molar-refractivity contribution in [2.24, 2.45) is 0 Å². The third-order valence-corrected chi connectivity index (χ3v) is 4.12. The van der Waals surface area contributed by atoms with E-state index in [9.17, 15) is 13.2 Å². The SMILES string of the molecule is CCC(C#N)Oc1cc(Oc2ccc(C(F)(F)F)cc2Cl)ccc1Br. The van der Waals surface area contributed by atoms with E-state index in [0.29, 0.717) is 22.4 Å². The number of rotatable bonds is 5. The van der Waals surface area contributed by atoms with Gasteiger partial charge in [-0.15, -0.1) is 0 Å². The van der Waals surface area contributed by atoms with Crippen molar-refractivity contribution in [3.63, 3.8) is 0 Å². The molecule has 0 aromatic heterocycles. The van der Waals surface area contributed by atoms with Crippen LogP contribution in [0.4, 0.5) is 13.2 Å². The molecule has 25 heavy (non-hydrogen) atoms. The second-order valence-corrected chi connectivity index (χ2v) is 6.24. The van der Waals surface area contributed by atoms with Gasteiger partial charge >= 0.3 is 6.18 Å². The van der Waals surface area contributed by atoms with Crippen LogP contribution < -0.4 is 9.47 Å². The van der Waals surface area contributed by atoms with Crippen molar-refractivity contribution in [2.75, 3.05) is 0 Å². The van der Waals surface area contributed by atoms with Crippen LogP contribution in [0.3, 0.4) is 0 Å². The number of hydrogen-bond donors (Lipinski definition) is 0. The molecule has 3 nitrogen and oxygen atoms in total. The van der Waals surface area contributed by atoms with Gasteiger partial charge in [-0.05, 0) is 52.7 Å². The van der Waals surface area contributed by atoms with E-state index in [1.807, 2.05) is 13.0 Å². The summed E-state index contributed by atoms with van der Waals surface area (Å²) in [6.07, 6.45) is -4.60. The van der Waals surface area contributed by atoms with Gasteiger partial charge in [0.05, 0.1) is 15.1 Å². The van der Waals surface area contributed by atoms with Gasteiger partial charge in [-0.3, -0.25) is 0 Å². The molecule has 2 rings (SSSR count). The van der Waals surface area contributed by atoms with Gasteiger partial charge in [0.1, 0.15) is 23.3 Å². The minimum atomic E-state index is -4.48. The Bertz CT molecular complexity index is 805. The quantitative estimate of drug-likeness (QED) is 0.533. The van der Waals surface area contributed by atoms with Gasteiger partial charge in [-0.25, -0.2) is 0 Å². The fraction of sp³-hybridized carbons (Fsp3) is 0.235. The van der Waals surface area contributed by atoms with Crippen molar-refractivity contribution in [1.29, 1.82) is 5.26 Å². The molecule has 0 heterocycles. The summed E-state index contributed by atoms with van der Waals surface area (Å²) < 4.78 is 49.7.